The topological polar surface area (TPSA) is 96.7 Å². The Morgan fingerprint density at radius 3 is 2.12 bits per heavy atom. The Bertz CT molecular complexity index is 1110. The third-order valence-electron chi connectivity index (χ3n) is 11.1. The monoisotopic (exact) mass is 546 g/mol. The number of nitrogens with zero attached hydrogens (tertiary/aromatic N) is 3. The lowest BCUT2D eigenvalue weighted by atomic mass is 9.59. The second-order valence-corrected chi connectivity index (χ2v) is 13.4. The van der Waals surface area contributed by atoms with Crippen LogP contribution >= 0.6 is 0 Å². The first-order chi connectivity index (χ1) is 19.4. The third-order valence-corrected chi connectivity index (χ3v) is 11.1. The molecule has 216 valence electrons. The van der Waals surface area contributed by atoms with E-state index < -0.39 is 5.60 Å². The summed E-state index contributed by atoms with van der Waals surface area (Å²) >= 11 is 0. The molecule has 5 aliphatic rings. The number of aliphatic hydroxyl groups is 1. The molecule has 2 saturated heterocycles. The van der Waals surface area contributed by atoms with Gasteiger partial charge in [0, 0.05) is 43.8 Å². The van der Waals surface area contributed by atoms with Crippen molar-refractivity contribution in [2.24, 2.45) is 17.8 Å². The Hall–Kier alpha value is -2.43. The van der Waals surface area contributed by atoms with Crippen LogP contribution in [0.3, 0.4) is 0 Å². The van der Waals surface area contributed by atoms with E-state index in [0.717, 1.165) is 25.8 Å². The molecular formula is C33H46N4O3. The molecule has 7 heteroatoms. The van der Waals surface area contributed by atoms with E-state index in [1.807, 2.05) is 17.0 Å². The number of carbonyl (C=O) groups excluding carboxylic acids is 2. The van der Waals surface area contributed by atoms with E-state index in [1.165, 1.54) is 56.9 Å². The SMILES string of the molecule is N#CC1CNC2(C3CCCCCCCC3)CCC(c3ccc(C(=O)N4CCN(C(=O)C5(O)CC5)CC4)cc3)CC12. The number of fused-ring (bicyclic) bond motifs is 1. The normalized spacial score (nSPS) is 32.8. The third kappa shape index (κ3) is 5.30. The highest BCUT2D eigenvalue weighted by Crippen LogP contribution is 2.53. The van der Waals surface area contributed by atoms with Gasteiger partial charge in [0.1, 0.15) is 5.60 Å². The van der Waals surface area contributed by atoms with Crippen molar-refractivity contribution in [2.75, 3.05) is 32.7 Å². The Kier molecular flexibility index (Phi) is 7.94. The van der Waals surface area contributed by atoms with Crippen LogP contribution in [0.2, 0.25) is 0 Å². The molecule has 0 radical (unpaired) electrons. The first-order valence-corrected chi connectivity index (χ1v) is 16.0. The number of amides is 2. The molecule has 1 aromatic carbocycles. The van der Waals surface area contributed by atoms with E-state index in [4.69, 9.17) is 0 Å². The van der Waals surface area contributed by atoms with E-state index in [-0.39, 0.29) is 23.3 Å². The van der Waals surface area contributed by atoms with Gasteiger partial charge in [-0.1, -0.05) is 50.7 Å². The number of nitrogens with one attached hydrogen (secondary N) is 1. The van der Waals surface area contributed by atoms with Crippen LogP contribution in [0.15, 0.2) is 24.3 Å². The van der Waals surface area contributed by atoms with Gasteiger partial charge in [-0.15, -0.1) is 0 Å². The van der Waals surface area contributed by atoms with Crippen molar-refractivity contribution in [3.8, 4) is 6.07 Å². The summed E-state index contributed by atoms with van der Waals surface area (Å²) < 4.78 is 0. The first kappa shape index (κ1) is 27.7. The van der Waals surface area contributed by atoms with Crippen molar-refractivity contribution in [3.63, 3.8) is 0 Å². The van der Waals surface area contributed by atoms with Crippen LogP contribution in [0.4, 0.5) is 0 Å². The van der Waals surface area contributed by atoms with Crippen LogP contribution in [0, 0.1) is 29.1 Å². The summed E-state index contributed by atoms with van der Waals surface area (Å²) in [5.74, 6) is 1.42. The fourth-order valence-electron chi connectivity index (χ4n) is 8.48. The first-order valence-electron chi connectivity index (χ1n) is 16.0. The number of piperazine rings is 1. The number of rotatable bonds is 4. The minimum Gasteiger partial charge on any atom is -0.380 e. The molecule has 1 aromatic rings. The standard InChI is InChI=1S/C33H46N4O3/c34-22-27-23-35-33(28-7-5-3-1-2-4-6-8-28)14-13-26(21-29(27)33)24-9-11-25(12-10-24)30(38)36-17-19-37(20-18-36)31(39)32(40)15-16-32/h9-12,26-29,35,40H,1-8,13-21,23H2. The van der Waals surface area contributed by atoms with Crippen LogP contribution < -0.4 is 5.32 Å². The van der Waals surface area contributed by atoms with Crippen LogP contribution in [0.5, 0.6) is 0 Å². The van der Waals surface area contributed by atoms with Gasteiger partial charge in [-0.25, -0.2) is 0 Å². The van der Waals surface area contributed by atoms with Crippen molar-refractivity contribution < 1.29 is 14.7 Å². The maximum absolute atomic E-state index is 13.2. The quantitative estimate of drug-likeness (QED) is 0.575. The Morgan fingerprint density at radius 1 is 0.875 bits per heavy atom. The Morgan fingerprint density at radius 2 is 1.50 bits per heavy atom. The maximum Gasteiger partial charge on any atom is 0.254 e. The number of hydrogen-bond donors (Lipinski definition) is 2. The van der Waals surface area contributed by atoms with Crippen molar-refractivity contribution in [1.29, 1.82) is 5.26 Å². The zero-order valence-corrected chi connectivity index (χ0v) is 24.0. The maximum atomic E-state index is 13.2. The van der Waals surface area contributed by atoms with Gasteiger partial charge in [-0.2, -0.15) is 5.26 Å². The van der Waals surface area contributed by atoms with E-state index in [2.05, 4.69) is 23.5 Å². The van der Waals surface area contributed by atoms with Gasteiger partial charge < -0.3 is 20.2 Å². The van der Waals surface area contributed by atoms with E-state index in [0.29, 0.717) is 62.3 Å². The second-order valence-electron chi connectivity index (χ2n) is 13.4. The zero-order valence-electron chi connectivity index (χ0n) is 24.0. The molecule has 40 heavy (non-hydrogen) atoms. The molecule has 2 amide bonds. The minimum absolute atomic E-state index is 0.0104. The molecule has 0 spiro atoms. The molecule has 6 rings (SSSR count). The molecular weight excluding hydrogens is 500 g/mol. The lowest BCUT2D eigenvalue weighted by Crippen LogP contribution is -2.54. The van der Waals surface area contributed by atoms with E-state index >= 15 is 0 Å². The van der Waals surface area contributed by atoms with Gasteiger partial charge in [0.05, 0.1) is 12.0 Å². The van der Waals surface area contributed by atoms with Crippen LogP contribution in [0.1, 0.15) is 105 Å². The summed E-state index contributed by atoms with van der Waals surface area (Å²) in [6, 6.07) is 10.9. The molecule has 0 aromatic heterocycles. The second kappa shape index (κ2) is 11.4. The number of nitriles is 1. The summed E-state index contributed by atoms with van der Waals surface area (Å²) in [7, 11) is 0. The van der Waals surface area contributed by atoms with Crippen LogP contribution in [-0.4, -0.2) is 70.6 Å². The molecule has 4 unspecified atom stereocenters. The summed E-state index contributed by atoms with van der Waals surface area (Å²) in [6.45, 7) is 2.78. The van der Waals surface area contributed by atoms with Gasteiger partial charge >= 0.3 is 0 Å². The molecule has 7 nitrogen and oxygen atoms in total. The van der Waals surface area contributed by atoms with Gasteiger partial charge in [-0.3, -0.25) is 9.59 Å². The smallest absolute Gasteiger partial charge is 0.254 e. The van der Waals surface area contributed by atoms with Crippen molar-refractivity contribution in [2.45, 2.75) is 101 Å². The van der Waals surface area contributed by atoms with Gasteiger partial charge in [0.2, 0.25) is 0 Å². The lowest BCUT2D eigenvalue weighted by Gasteiger charge is -2.48. The van der Waals surface area contributed by atoms with E-state index in [9.17, 15) is 20.0 Å². The summed E-state index contributed by atoms with van der Waals surface area (Å²) in [6.07, 6.45) is 15.1. The molecule has 0 bridgehead atoms. The zero-order chi connectivity index (χ0) is 27.7. The highest BCUT2D eigenvalue weighted by Gasteiger charge is 2.55. The number of carbonyl (C=O) groups is 2. The molecule has 2 N–H and O–H groups in total. The highest BCUT2D eigenvalue weighted by molar-refractivity contribution is 5.94. The fourth-order valence-corrected chi connectivity index (χ4v) is 8.48. The molecule has 2 heterocycles. The van der Waals surface area contributed by atoms with Crippen molar-refractivity contribution in [3.05, 3.63) is 35.4 Å². The molecule has 4 atom stereocenters. The highest BCUT2D eigenvalue weighted by atomic mass is 16.3. The average molecular weight is 547 g/mol. The van der Waals surface area contributed by atoms with Gasteiger partial charge in [-0.05, 0) is 80.4 Å². The molecule has 3 saturated carbocycles. The largest absolute Gasteiger partial charge is 0.380 e. The van der Waals surface area contributed by atoms with Crippen molar-refractivity contribution >= 4 is 11.8 Å². The van der Waals surface area contributed by atoms with Crippen LogP contribution in [0.25, 0.3) is 0 Å². The summed E-state index contributed by atoms with van der Waals surface area (Å²) in [4.78, 5) is 29.2. The molecule has 5 fully saturated rings. The summed E-state index contributed by atoms with van der Waals surface area (Å²) in [5, 5.41) is 24.2. The van der Waals surface area contributed by atoms with Crippen molar-refractivity contribution in [1.82, 2.24) is 15.1 Å². The minimum atomic E-state index is -1.14. The molecule has 2 aliphatic heterocycles. The number of hydrogen-bond acceptors (Lipinski definition) is 5. The summed E-state index contributed by atoms with van der Waals surface area (Å²) in [5.41, 5.74) is 0.959. The number of benzene rings is 1. The van der Waals surface area contributed by atoms with Gasteiger partial charge in [0.15, 0.2) is 0 Å². The van der Waals surface area contributed by atoms with Gasteiger partial charge in [0.25, 0.3) is 11.8 Å². The predicted molar refractivity (Wildman–Crippen MR) is 153 cm³/mol. The van der Waals surface area contributed by atoms with E-state index in [1.54, 1.807) is 4.90 Å². The molecule has 3 aliphatic carbocycles. The Labute approximate surface area is 239 Å². The predicted octanol–water partition coefficient (Wildman–Crippen LogP) is 4.61. The Balaban J connectivity index is 1.09. The average Bonchev–Trinajstić information content (AvgIpc) is 3.59. The fraction of sp³-hybridized carbons (Fsp3) is 0.727. The van der Waals surface area contributed by atoms with Crippen LogP contribution in [-0.2, 0) is 4.79 Å². The lowest BCUT2D eigenvalue weighted by molar-refractivity contribution is -0.143.